The summed E-state index contributed by atoms with van der Waals surface area (Å²) >= 11 is 3.40. The smallest absolute Gasteiger partial charge is 0.265 e. The molecule has 148 valence electrons. The molecule has 0 saturated heterocycles. The van der Waals surface area contributed by atoms with Crippen molar-refractivity contribution in [2.24, 2.45) is 11.7 Å². The van der Waals surface area contributed by atoms with E-state index in [9.17, 15) is 14.4 Å². The van der Waals surface area contributed by atoms with Gasteiger partial charge in [-0.25, -0.2) is 0 Å². The highest BCUT2D eigenvalue weighted by atomic mass is 79.9. The Morgan fingerprint density at radius 1 is 1.33 bits per heavy atom. The molecule has 1 aromatic carbocycles. The predicted molar refractivity (Wildman–Crippen MR) is 105 cm³/mol. The summed E-state index contributed by atoms with van der Waals surface area (Å²) in [5.74, 6) is -1.26. The number of benzene rings is 1. The minimum absolute atomic E-state index is 0.159. The quantitative estimate of drug-likeness (QED) is 0.749. The number of nitrogens with zero attached hydrogens (tertiary/aromatic N) is 1. The van der Waals surface area contributed by atoms with E-state index < -0.39 is 35.4 Å². The number of carbonyl (C=O) groups excluding carboxylic acids is 3. The molecule has 0 saturated carbocycles. The maximum Gasteiger partial charge on any atom is 0.265 e. The second-order valence-corrected chi connectivity index (χ2v) is 8.95. The number of nitrogens with two attached hydrogens (primary N) is 1. The first-order chi connectivity index (χ1) is 12.4. The van der Waals surface area contributed by atoms with E-state index in [1.54, 1.807) is 18.2 Å². The van der Waals surface area contributed by atoms with E-state index in [2.05, 4.69) is 21.2 Å². The van der Waals surface area contributed by atoms with Crippen LogP contribution in [0, 0.1) is 5.92 Å². The molecule has 0 aromatic heterocycles. The number of primary amides is 1. The second-order valence-electron chi connectivity index (χ2n) is 8.04. The van der Waals surface area contributed by atoms with Crippen molar-refractivity contribution >= 4 is 33.7 Å². The maximum atomic E-state index is 13.2. The van der Waals surface area contributed by atoms with Crippen molar-refractivity contribution < 1.29 is 19.1 Å². The van der Waals surface area contributed by atoms with Gasteiger partial charge in [-0.3, -0.25) is 14.4 Å². The maximum absolute atomic E-state index is 13.2. The molecule has 7 nitrogen and oxygen atoms in total. The number of hydrogen-bond acceptors (Lipinski definition) is 4. The van der Waals surface area contributed by atoms with Crippen LogP contribution in [0.15, 0.2) is 22.7 Å². The van der Waals surface area contributed by atoms with Gasteiger partial charge in [0, 0.05) is 15.6 Å². The van der Waals surface area contributed by atoms with Gasteiger partial charge in [-0.2, -0.15) is 0 Å². The zero-order chi connectivity index (χ0) is 20.5. The number of rotatable bonds is 4. The molecule has 0 spiro atoms. The molecule has 2 rings (SSSR count). The molecule has 3 N–H and O–H groups in total. The molecule has 1 heterocycles. The lowest BCUT2D eigenvalue weighted by Crippen LogP contribution is -2.53. The fourth-order valence-electron chi connectivity index (χ4n) is 2.97. The predicted octanol–water partition coefficient (Wildman–Crippen LogP) is 2.14. The number of fused-ring (bicyclic) bond motifs is 1. The number of carbonyl (C=O) groups is 3. The molecule has 0 radical (unpaired) electrons. The van der Waals surface area contributed by atoms with Crippen LogP contribution in [0.2, 0.25) is 0 Å². The van der Waals surface area contributed by atoms with Crippen LogP contribution in [0.5, 0.6) is 5.75 Å². The summed E-state index contributed by atoms with van der Waals surface area (Å²) in [7, 11) is 0. The van der Waals surface area contributed by atoms with Gasteiger partial charge in [-0.1, -0.05) is 29.8 Å². The normalized spacial score (nSPS) is 20.0. The van der Waals surface area contributed by atoms with E-state index in [1.165, 1.54) is 4.90 Å². The third-order valence-electron chi connectivity index (χ3n) is 4.04. The lowest BCUT2D eigenvalue weighted by Gasteiger charge is -2.32. The zero-order valence-electron chi connectivity index (χ0n) is 16.2. The van der Waals surface area contributed by atoms with Gasteiger partial charge in [0.15, 0.2) is 6.10 Å². The van der Waals surface area contributed by atoms with Crippen molar-refractivity contribution in [3.8, 4) is 5.75 Å². The number of amides is 3. The standard InChI is InChI=1S/C19H26BrN3O4/c1-10(2)16-18(26)23(9-14(21)24)15(17(25)22-19(3,4)5)12-8-11(20)6-7-13(12)27-16/h6-8,10,15-16H,9H2,1-5H3,(H2,21,24)(H,22,25). The Labute approximate surface area is 167 Å². The summed E-state index contributed by atoms with van der Waals surface area (Å²) in [4.78, 5) is 39.2. The molecule has 1 aliphatic heterocycles. The van der Waals surface area contributed by atoms with Crippen LogP contribution >= 0.6 is 15.9 Å². The Hall–Kier alpha value is -2.09. The monoisotopic (exact) mass is 439 g/mol. The number of halogens is 1. The molecule has 8 heteroatoms. The van der Waals surface area contributed by atoms with E-state index in [0.29, 0.717) is 11.3 Å². The third kappa shape index (κ3) is 5.00. The van der Waals surface area contributed by atoms with Gasteiger partial charge in [0.05, 0.1) is 0 Å². The van der Waals surface area contributed by atoms with Crippen LogP contribution < -0.4 is 15.8 Å². The second kappa shape index (κ2) is 7.88. The summed E-state index contributed by atoms with van der Waals surface area (Å²) in [6.07, 6.45) is -0.822. The Bertz CT molecular complexity index is 758. The van der Waals surface area contributed by atoms with Crippen LogP contribution in [-0.2, 0) is 14.4 Å². The molecule has 0 bridgehead atoms. The van der Waals surface area contributed by atoms with Gasteiger partial charge < -0.3 is 20.7 Å². The number of hydrogen-bond donors (Lipinski definition) is 2. The molecular weight excluding hydrogens is 414 g/mol. The largest absolute Gasteiger partial charge is 0.480 e. The lowest BCUT2D eigenvalue weighted by molar-refractivity contribution is -0.148. The average Bonchev–Trinajstić information content (AvgIpc) is 2.61. The topological polar surface area (TPSA) is 102 Å². The zero-order valence-corrected chi connectivity index (χ0v) is 17.8. The lowest BCUT2D eigenvalue weighted by atomic mass is 10.00. The fraction of sp³-hybridized carbons (Fsp3) is 0.526. The van der Waals surface area contributed by atoms with Gasteiger partial charge in [-0.15, -0.1) is 0 Å². The average molecular weight is 440 g/mol. The minimum Gasteiger partial charge on any atom is -0.480 e. The van der Waals surface area contributed by atoms with E-state index in [0.717, 1.165) is 4.47 Å². The number of nitrogens with one attached hydrogen (secondary N) is 1. The van der Waals surface area contributed by atoms with Crippen molar-refractivity contribution in [2.75, 3.05) is 6.54 Å². The van der Waals surface area contributed by atoms with Crippen LogP contribution in [0.25, 0.3) is 0 Å². The van der Waals surface area contributed by atoms with Crippen molar-refractivity contribution in [1.29, 1.82) is 0 Å². The van der Waals surface area contributed by atoms with Crippen LogP contribution in [-0.4, -0.2) is 40.8 Å². The summed E-state index contributed by atoms with van der Waals surface area (Å²) < 4.78 is 6.69. The Balaban J connectivity index is 2.65. The third-order valence-corrected chi connectivity index (χ3v) is 4.53. The summed E-state index contributed by atoms with van der Waals surface area (Å²) in [6.45, 7) is 8.85. The van der Waals surface area contributed by atoms with Crippen molar-refractivity contribution in [3.63, 3.8) is 0 Å². The van der Waals surface area contributed by atoms with Gasteiger partial charge in [0.2, 0.25) is 11.8 Å². The van der Waals surface area contributed by atoms with Gasteiger partial charge in [0.1, 0.15) is 18.3 Å². The van der Waals surface area contributed by atoms with Crippen molar-refractivity contribution in [2.45, 2.75) is 52.3 Å². The number of ether oxygens (including phenoxy) is 1. The van der Waals surface area contributed by atoms with E-state index in [4.69, 9.17) is 10.5 Å². The van der Waals surface area contributed by atoms with E-state index in [-0.39, 0.29) is 12.5 Å². The van der Waals surface area contributed by atoms with Gasteiger partial charge in [0.25, 0.3) is 5.91 Å². The molecule has 0 fully saturated rings. The fourth-order valence-corrected chi connectivity index (χ4v) is 3.34. The Morgan fingerprint density at radius 2 is 1.96 bits per heavy atom. The van der Waals surface area contributed by atoms with Gasteiger partial charge >= 0.3 is 0 Å². The Morgan fingerprint density at radius 3 is 2.48 bits per heavy atom. The molecule has 2 unspecified atom stereocenters. The summed E-state index contributed by atoms with van der Waals surface area (Å²) in [5, 5.41) is 2.89. The van der Waals surface area contributed by atoms with Crippen molar-refractivity contribution in [1.82, 2.24) is 10.2 Å². The van der Waals surface area contributed by atoms with E-state index >= 15 is 0 Å². The van der Waals surface area contributed by atoms with Crippen LogP contribution in [0.4, 0.5) is 0 Å². The molecule has 1 aliphatic rings. The summed E-state index contributed by atoms with van der Waals surface area (Å²) in [5.41, 5.74) is 5.37. The molecular formula is C19H26BrN3O4. The SMILES string of the molecule is CC(C)C1Oc2ccc(Br)cc2C(C(=O)NC(C)(C)C)N(CC(N)=O)C1=O. The van der Waals surface area contributed by atoms with Crippen LogP contribution in [0.1, 0.15) is 46.2 Å². The first-order valence-electron chi connectivity index (χ1n) is 8.77. The van der Waals surface area contributed by atoms with E-state index in [1.807, 2.05) is 34.6 Å². The minimum atomic E-state index is -1.03. The molecule has 0 aliphatic carbocycles. The summed E-state index contributed by atoms with van der Waals surface area (Å²) in [6, 6.07) is 4.20. The molecule has 3 amide bonds. The highest BCUT2D eigenvalue weighted by Gasteiger charge is 2.43. The molecule has 27 heavy (non-hydrogen) atoms. The highest BCUT2D eigenvalue weighted by molar-refractivity contribution is 9.10. The van der Waals surface area contributed by atoms with Gasteiger partial charge in [-0.05, 0) is 44.9 Å². The van der Waals surface area contributed by atoms with Crippen molar-refractivity contribution in [3.05, 3.63) is 28.2 Å². The van der Waals surface area contributed by atoms with Crippen LogP contribution in [0.3, 0.4) is 0 Å². The first-order valence-corrected chi connectivity index (χ1v) is 9.57. The highest BCUT2D eigenvalue weighted by Crippen LogP contribution is 2.37. The Kier molecular flexibility index (Phi) is 6.19. The first kappa shape index (κ1) is 21.2. The molecule has 2 atom stereocenters. The molecule has 1 aromatic rings.